The minimum Gasteiger partial charge on any atom is -0.299 e. The second-order valence-corrected chi connectivity index (χ2v) is 3.39. The van der Waals surface area contributed by atoms with Crippen molar-refractivity contribution in [2.24, 2.45) is 11.8 Å². The predicted octanol–water partition coefficient (Wildman–Crippen LogP) is 1.93. The van der Waals surface area contributed by atoms with Crippen LogP contribution in [0.25, 0.3) is 0 Å². The molecule has 0 aromatic rings. The first-order chi connectivity index (χ1) is 4.81. The van der Waals surface area contributed by atoms with Gasteiger partial charge in [-0.25, -0.2) is 0 Å². The SMILES string of the molecule is C/C=C1\CC2CC(=O)C1C2. The zero-order chi connectivity index (χ0) is 7.14. The number of carbonyl (C=O) groups excluding carboxylic acids is 1. The quantitative estimate of drug-likeness (QED) is 0.465. The van der Waals surface area contributed by atoms with Gasteiger partial charge in [-0.2, -0.15) is 0 Å². The van der Waals surface area contributed by atoms with Gasteiger partial charge in [0.15, 0.2) is 0 Å². The maximum Gasteiger partial charge on any atom is 0.140 e. The Morgan fingerprint density at radius 1 is 1.50 bits per heavy atom. The Balaban J connectivity index is 2.28. The van der Waals surface area contributed by atoms with Crippen LogP contribution < -0.4 is 0 Å². The molecule has 0 spiro atoms. The van der Waals surface area contributed by atoms with Crippen molar-refractivity contribution in [3.8, 4) is 0 Å². The Morgan fingerprint density at radius 3 is 2.70 bits per heavy atom. The molecule has 0 aromatic heterocycles. The van der Waals surface area contributed by atoms with Crippen LogP contribution in [0.1, 0.15) is 26.2 Å². The van der Waals surface area contributed by atoms with Crippen molar-refractivity contribution in [1.29, 1.82) is 0 Å². The van der Waals surface area contributed by atoms with E-state index in [0.29, 0.717) is 17.6 Å². The molecule has 0 heterocycles. The first kappa shape index (κ1) is 6.14. The lowest BCUT2D eigenvalue weighted by molar-refractivity contribution is -0.120. The molecular weight excluding hydrogens is 124 g/mol. The molecule has 2 rings (SSSR count). The molecule has 2 saturated carbocycles. The van der Waals surface area contributed by atoms with Crippen LogP contribution in [0.4, 0.5) is 0 Å². The van der Waals surface area contributed by atoms with Gasteiger partial charge in [-0.3, -0.25) is 4.79 Å². The largest absolute Gasteiger partial charge is 0.299 e. The molecule has 0 amide bonds. The topological polar surface area (TPSA) is 17.1 Å². The molecule has 0 N–H and O–H groups in total. The molecule has 0 aromatic carbocycles. The van der Waals surface area contributed by atoms with Gasteiger partial charge in [0.05, 0.1) is 0 Å². The highest BCUT2D eigenvalue weighted by Gasteiger charge is 2.41. The zero-order valence-corrected chi connectivity index (χ0v) is 6.26. The van der Waals surface area contributed by atoms with E-state index in [4.69, 9.17) is 0 Å². The van der Waals surface area contributed by atoms with E-state index in [1.807, 2.05) is 6.92 Å². The van der Waals surface area contributed by atoms with Gasteiger partial charge >= 0.3 is 0 Å². The zero-order valence-electron chi connectivity index (χ0n) is 6.26. The van der Waals surface area contributed by atoms with E-state index in [1.165, 1.54) is 12.0 Å². The summed E-state index contributed by atoms with van der Waals surface area (Å²) in [5, 5.41) is 0. The van der Waals surface area contributed by atoms with E-state index >= 15 is 0 Å². The van der Waals surface area contributed by atoms with Gasteiger partial charge in [-0.1, -0.05) is 11.6 Å². The van der Waals surface area contributed by atoms with Gasteiger partial charge < -0.3 is 0 Å². The molecule has 54 valence electrons. The summed E-state index contributed by atoms with van der Waals surface area (Å²) in [5.74, 6) is 1.54. The molecular formula is C9H12O. The molecule has 10 heavy (non-hydrogen) atoms. The smallest absolute Gasteiger partial charge is 0.140 e. The fourth-order valence-corrected chi connectivity index (χ4v) is 2.28. The Morgan fingerprint density at radius 2 is 2.30 bits per heavy atom. The average Bonchev–Trinajstić information content (AvgIpc) is 2.44. The van der Waals surface area contributed by atoms with Crippen molar-refractivity contribution >= 4 is 5.78 Å². The van der Waals surface area contributed by atoms with Crippen LogP contribution in [0.2, 0.25) is 0 Å². The summed E-state index contributed by atoms with van der Waals surface area (Å²) in [6, 6.07) is 0. The third kappa shape index (κ3) is 0.664. The Kier molecular flexibility index (Phi) is 1.19. The average molecular weight is 136 g/mol. The number of ketones is 1. The van der Waals surface area contributed by atoms with Crippen molar-refractivity contribution in [2.45, 2.75) is 26.2 Å². The van der Waals surface area contributed by atoms with Gasteiger partial charge in [-0.15, -0.1) is 0 Å². The van der Waals surface area contributed by atoms with Crippen LogP contribution in [0.15, 0.2) is 11.6 Å². The summed E-state index contributed by atoms with van der Waals surface area (Å²) in [6.45, 7) is 2.04. The maximum atomic E-state index is 11.2. The van der Waals surface area contributed by atoms with Gasteiger partial charge in [0.25, 0.3) is 0 Å². The maximum absolute atomic E-state index is 11.2. The van der Waals surface area contributed by atoms with E-state index in [1.54, 1.807) is 0 Å². The molecule has 2 atom stereocenters. The Labute approximate surface area is 61.1 Å². The summed E-state index contributed by atoms with van der Waals surface area (Å²) in [6.07, 6.45) is 5.34. The van der Waals surface area contributed by atoms with Gasteiger partial charge in [0, 0.05) is 12.3 Å². The van der Waals surface area contributed by atoms with Crippen LogP contribution in [-0.4, -0.2) is 5.78 Å². The predicted molar refractivity (Wildman–Crippen MR) is 39.6 cm³/mol. The first-order valence-corrected chi connectivity index (χ1v) is 3.99. The van der Waals surface area contributed by atoms with E-state index in [2.05, 4.69) is 6.08 Å². The normalized spacial score (nSPS) is 41.7. The molecule has 2 aliphatic rings. The summed E-state index contributed by atoms with van der Waals surface area (Å²) >= 11 is 0. The molecule has 2 fully saturated rings. The third-order valence-corrected chi connectivity index (χ3v) is 2.79. The first-order valence-electron chi connectivity index (χ1n) is 3.99. The highest BCUT2D eigenvalue weighted by molar-refractivity contribution is 5.87. The molecule has 0 aliphatic heterocycles. The van der Waals surface area contributed by atoms with Crippen molar-refractivity contribution < 1.29 is 4.79 Å². The Bertz CT molecular complexity index is 203. The molecule has 1 nitrogen and oxygen atoms in total. The van der Waals surface area contributed by atoms with E-state index in [-0.39, 0.29) is 0 Å². The highest BCUT2D eigenvalue weighted by Crippen LogP contribution is 2.45. The number of Topliss-reactive ketones (excluding diaryl/α,β-unsaturated/α-hetero) is 1. The third-order valence-electron chi connectivity index (χ3n) is 2.79. The Hall–Kier alpha value is -0.590. The second-order valence-electron chi connectivity index (χ2n) is 3.39. The minimum absolute atomic E-state index is 0.343. The number of hydrogen-bond donors (Lipinski definition) is 0. The number of carbonyl (C=O) groups is 1. The number of allylic oxidation sites excluding steroid dienone is 2. The lowest BCUT2D eigenvalue weighted by Gasteiger charge is -2.10. The van der Waals surface area contributed by atoms with Crippen molar-refractivity contribution in [3.05, 3.63) is 11.6 Å². The van der Waals surface area contributed by atoms with Crippen molar-refractivity contribution in [1.82, 2.24) is 0 Å². The van der Waals surface area contributed by atoms with E-state index in [0.717, 1.165) is 12.8 Å². The summed E-state index contributed by atoms with van der Waals surface area (Å²) in [4.78, 5) is 11.2. The lowest BCUT2D eigenvalue weighted by Crippen LogP contribution is -2.10. The van der Waals surface area contributed by atoms with Gasteiger partial charge in [0.1, 0.15) is 5.78 Å². The van der Waals surface area contributed by atoms with Crippen molar-refractivity contribution in [2.75, 3.05) is 0 Å². The minimum atomic E-state index is 0.343. The fraction of sp³-hybridized carbons (Fsp3) is 0.667. The van der Waals surface area contributed by atoms with E-state index < -0.39 is 0 Å². The molecule has 2 unspecified atom stereocenters. The lowest BCUT2D eigenvalue weighted by atomic mass is 9.94. The van der Waals surface area contributed by atoms with Crippen LogP contribution in [0.5, 0.6) is 0 Å². The summed E-state index contributed by atoms with van der Waals surface area (Å²) in [5.41, 5.74) is 1.40. The molecule has 0 radical (unpaired) electrons. The molecule has 0 saturated heterocycles. The van der Waals surface area contributed by atoms with Crippen LogP contribution in [0, 0.1) is 11.8 Å². The molecule has 2 aliphatic carbocycles. The second kappa shape index (κ2) is 1.94. The number of rotatable bonds is 0. The summed E-state index contributed by atoms with van der Waals surface area (Å²) < 4.78 is 0. The molecule has 2 bridgehead atoms. The van der Waals surface area contributed by atoms with Crippen molar-refractivity contribution in [3.63, 3.8) is 0 Å². The van der Waals surface area contributed by atoms with Gasteiger partial charge in [0.2, 0.25) is 0 Å². The van der Waals surface area contributed by atoms with Crippen LogP contribution in [-0.2, 0) is 4.79 Å². The van der Waals surface area contributed by atoms with Gasteiger partial charge in [-0.05, 0) is 25.7 Å². The fourth-order valence-electron chi connectivity index (χ4n) is 2.28. The molecule has 1 heteroatoms. The van der Waals surface area contributed by atoms with Crippen LogP contribution in [0.3, 0.4) is 0 Å². The number of hydrogen-bond acceptors (Lipinski definition) is 1. The van der Waals surface area contributed by atoms with Crippen LogP contribution >= 0.6 is 0 Å². The standard InChI is InChI=1S/C9H12O/c1-2-7-3-6-4-8(7)9(10)5-6/h2,6,8H,3-5H2,1H3/b7-2+. The highest BCUT2D eigenvalue weighted by atomic mass is 16.1. The monoisotopic (exact) mass is 136 g/mol. The summed E-state index contributed by atoms with van der Waals surface area (Å²) in [7, 11) is 0. The number of fused-ring (bicyclic) bond motifs is 2. The van der Waals surface area contributed by atoms with E-state index in [9.17, 15) is 4.79 Å².